The van der Waals surface area contributed by atoms with Crippen molar-refractivity contribution in [1.82, 2.24) is 19.5 Å². The Kier molecular flexibility index (Phi) is 12.1. The maximum absolute atomic E-state index is 7.44. The second-order valence-electron chi connectivity index (χ2n) is 18.4. The van der Waals surface area contributed by atoms with Crippen molar-refractivity contribution in [2.24, 2.45) is 0 Å². The first kappa shape index (κ1) is 41.5. The minimum Gasteiger partial charge on any atom is -0.501 e. The van der Waals surface area contributed by atoms with E-state index in [9.17, 15) is 0 Å². The number of aromatic nitrogens is 4. The van der Waals surface area contributed by atoms with Crippen LogP contribution >= 0.6 is 0 Å². The molecule has 9 rings (SSSR count). The molecule has 0 aliphatic heterocycles. The Morgan fingerprint density at radius 1 is 0.714 bits per heavy atom. The van der Waals surface area contributed by atoms with Crippen molar-refractivity contribution in [3.8, 4) is 39.5 Å². The summed E-state index contributed by atoms with van der Waals surface area (Å²) in [6.07, 6.45) is 2.00. The van der Waals surface area contributed by atoms with Gasteiger partial charge in [0.1, 0.15) is 5.58 Å². The number of benzene rings is 5. The van der Waals surface area contributed by atoms with Crippen LogP contribution in [0.4, 0.5) is 0 Å². The third-order valence-corrected chi connectivity index (χ3v) is 13.7. The first-order chi connectivity index (χ1) is 30.8. The van der Waals surface area contributed by atoms with Gasteiger partial charge in [0.05, 0.1) is 36.2 Å². The van der Waals surface area contributed by atoms with Crippen LogP contribution in [0.2, 0.25) is 19.6 Å². The minimum atomic E-state index is -2.09. The number of nitrogens with zero attached hydrogens (tertiary/aromatic N) is 4. The van der Waals surface area contributed by atoms with Crippen molar-refractivity contribution in [2.45, 2.75) is 99.6 Å². The van der Waals surface area contributed by atoms with E-state index in [1.807, 2.05) is 31.3 Å². The normalized spacial score (nSPS) is 12.7. The van der Waals surface area contributed by atoms with Crippen molar-refractivity contribution < 1.29 is 28.6 Å². The fraction of sp³-hybridized carbons (Fsp3) is 0.268. The second-order valence-corrected chi connectivity index (χ2v) is 23.5. The van der Waals surface area contributed by atoms with Gasteiger partial charge in [0, 0.05) is 47.2 Å². The molecule has 5 nitrogen and oxygen atoms in total. The van der Waals surface area contributed by atoms with Crippen LogP contribution in [0.5, 0.6) is 0 Å². The summed E-state index contributed by atoms with van der Waals surface area (Å²) in [6, 6.07) is 43.6. The van der Waals surface area contributed by atoms with Crippen molar-refractivity contribution >= 4 is 46.2 Å². The van der Waals surface area contributed by atoms with Crippen molar-refractivity contribution in [1.29, 1.82) is 0 Å². The molecule has 0 aliphatic rings. The number of furan rings is 1. The van der Waals surface area contributed by atoms with Gasteiger partial charge in [-0.3, -0.25) is 9.97 Å². The summed E-state index contributed by atoms with van der Waals surface area (Å²) in [4.78, 5) is 14.7. The van der Waals surface area contributed by atoms with Gasteiger partial charge < -0.3 is 14.0 Å². The molecule has 4 heterocycles. The van der Waals surface area contributed by atoms with E-state index in [-0.39, 0.29) is 31.9 Å². The summed E-state index contributed by atoms with van der Waals surface area (Å²) >= 11 is 0. The van der Waals surface area contributed by atoms with Gasteiger partial charge in [0.25, 0.3) is 0 Å². The Morgan fingerprint density at radius 2 is 1.40 bits per heavy atom. The Balaban J connectivity index is 0.000000230. The third kappa shape index (κ3) is 9.02. The molecule has 0 N–H and O–H groups in total. The maximum Gasteiger partial charge on any atom is 0.120 e. The third-order valence-electron chi connectivity index (χ3n) is 11.7. The van der Waals surface area contributed by atoms with E-state index in [1.54, 1.807) is 18.2 Å². The standard InChI is InChI=1S/C38H34N3O.C18H24NSi.Ir/c1-22(2)31-20-27(26-13-8-7-9-14-26)21-32(23(3)4)36(31)41-33-19-24(5)39-25(6)35(33)40-38(41)30-17-12-16-29-28-15-10-11-18-34(28)42-37(29)30;1-13(2)16-11-17(15-9-7-14(3)8-10-15)19-12-18(16)20(4,5)6;/h7-16,18-23H,1-6H3;7-9,11-13H,1-6H3;/q2*-1;/i;3D3;. The van der Waals surface area contributed by atoms with E-state index in [0.29, 0.717) is 11.5 Å². The predicted molar refractivity (Wildman–Crippen MR) is 264 cm³/mol. The molecule has 4 aromatic heterocycles. The van der Waals surface area contributed by atoms with Crippen LogP contribution in [0, 0.1) is 32.8 Å². The Morgan fingerprint density at radius 3 is 2.03 bits per heavy atom. The summed E-state index contributed by atoms with van der Waals surface area (Å²) in [5.74, 6) is 1.81. The van der Waals surface area contributed by atoms with Crippen molar-refractivity contribution in [3.05, 3.63) is 161 Å². The number of pyridine rings is 2. The minimum absolute atomic E-state index is 0. The van der Waals surface area contributed by atoms with Gasteiger partial charge in [-0.25, -0.2) is 0 Å². The smallest absolute Gasteiger partial charge is 0.120 e. The van der Waals surface area contributed by atoms with Crippen molar-refractivity contribution in [2.75, 3.05) is 0 Å². The van der Waals surface area contributed by atoms with Gasteiger partial charge >= 0.3 is 0 Å². The first-order valence-electron chi connectivity index (χ1n) is 23.3. The number of aryl methyl sites for hydroxylation is 3. The van der Waals surface area contributed by atoms with Gasteiger partial charge in [0.15, 0.2) is 0 Å². The molecule has 0 bridgehead atoms. The zero-order valence-corrected chi connectivity index (χ0v) is 41.6. The molecule has 0 fully saturated rings. The quantitative estimate of drug-likeness (QED) is 0.112. The van der Waals surface area contributed by atoms with Crippen LogP contribution in [-0.2, 0) is 20.1 Å². The molecule has 63 heavy (non-hydrogen) atoms. The average Bonchev–Trinajstić information content (AvgIpc) is 3.84. The summed E-state index contributed by atoms with van der Waals surface area (Å²) in [6.45, 7) is 22.5. The van der Waals surface area contributed by atoms with Gasteiger partial charge in [0.2, 0.25) is 0 Å². The molecule has 0 amide bonds. The number of hydrogen-bond acceptors (Lipinski definition) is 4. The SMILES string of the molecule is Cc1cc2c(nc(-c3[c-]ccc4c3oc3ccccc34)n2-c2c(C(C)C)cc(-c3ccccc3)cc2C(C)C)c(C)n1.[2H]C([2H])([2H])c1c[c-]c(-c2cc(C(C)C)c([Si](C)(C)C)cn2)cc1.[Ir]. The van der Waals surface area contributed by atoms with Crippen LogP contribution in [0.15, 0.2) is 120 Å². The Bertz CT molecular complexity index is 3150. The molecular weight excluding hydrogens is 965 g/mol. The zero-order chi connectivity index (χ0) is 46.5. The maximum atomic E-state index is 7.44. The molecule has 0 saturated heterocycles. The zero-order valence-electron chi connectivity index (χ0n) is 41.2. The van der Waals surface area contributed by atoms with Gasteiger partial charge in [-0.2, -0.15) is 0 Å². The predicted octanol–water partition coefficient (Wildman–Crippen LogP) is 14.8. The van der Waals surface area contributed by atoms with Crippen LogP contribution in [0.25, 0.3) is 72.4 Å². The summed E-state index contributed by atoms with van der Waals surface area (Å²) in [7, 11) is -1.45. The summed E-state index contributed by atoms with van der Waals surface area (Å²) < 4.78 is 31.2. The number of fused-ring (bicyclic) bond motifs is 4. The van der Waals surface area contributed by atoms with Crippen LogP contribution in [0.3, 0.4) is 0 Å². The number of para-hydroxylation sites is 1. The van der Waals surface area contributed by atoms with Gasteiger partial charge in [-0.05, 0) is 89.0 Å². The van der Waals surface area contributed by atoms with Crippen LogP contribution in [0.1, 0.15) is 97.1 Å². The molecule has 9 aromatic rings. The fourth-order valence-corrected chi connectivity index (χ4v) is 10.2. The monoisotopic (exact) mass is 1030 g/mol. The molecule has 323 valence electrons. The van der Waals surface area contributed by atoms with Crippen LogP contribution in [-0.4, -0.2) is 27.6 Å². The van der Waals surface area contributed by atoms with Gasteiger partial charge in [-0.15, -0.1) is 53.6 Å². The van der Waals surface area contributed by atoms with E-state index < -0.39 is 14.9 Å². The molecule has 0 unspecified atom stereocenters. The largest absolute Gasteiger partial charge is 0.501 e. The first-order valence-corrected chi connectivity index (χ1v) is 25.3. The number of hydrogen-bond donors (Lipinski definition) is 0. The topological polar surface area (TPSA) is 56.7 Å². The molecule has 1 radical (unpaired) electrons. The molecule has 0 spiro atoms. The van der Waals surface area contributed by atoms with Gasteiger partial charge in [-0.1, -0.05) is 139 Å². The van der Waals surface area contributed by atoms with Crippen LogP contribution < -0.4 is 5.19 Å². The molecule has 7 heteroatoms. The average molecular weight is 1030 g/mol. The Hall–Kier alpha value is -5.46. The van der Waals surface area contributed by atoms with Crippen molar-refractivity contribution in [3.63, 3.8) is 0 Å². The number of rotatable bonds is 8. The van der Waals surface area contributed by atoms with E-state index in [0.717, 1.165) is 67.0 Å². The molecule has 0 aliphatic carbocycles. The second kappa shape index (κ2) is 18.3. The summed E-state index contributed by atoms with van der Waals surface area (Å²) in [5, 5.41) is 3.55. The molecular formula is C56H58IrN4OSi-2. The Labute approximate surface area is 392 Å². The molecule has 0 saturated carbocycles. The molecule has 5 aromatic carbocycles. The van der Waals surface area contributed by atoms with E-state index >= 15 is 0 Å². The van der Waals surface area contributed by atoms with E-state index in [1.165, 1.54) is 38.7 Å². The number of imidazole rings is 1. The van der Waals surface area contributed by atoms with E-state index in [4.69, 9.17) is 18.5 Å². The summed E-state index contributed by atoms with van der Waals surface area (Å²) in [5.41, 5.74) is 15.9. The molecule has 0 atom stereocenters. The van der Waals surface area contributed by atoms with E-state index in [2.05, 4.69) is 163 Å². The fourth-order valence-electron chi connectivity index (χ4n) is 8.55.